The highest BCUT2D eigenvalue weighted by Crippen LogP contribution is 2.34. The summed E-state index contributed by atoms with van der Waals surface area (Å²) < 4.78 is 0. The number of fused-ring (bicyclic) bond motifs is 1. The van der Waals surface area contributed by atoms with Crippen molar-refractivity contribution in [2.24, 2.45) is 0 Å². The van der Waals surface area contributed by atoms with Crippen LogP contribution >= 0.6 is 0 Å². The Hall–Kier alpha value is -1.70. The third-order valence-corrected chi connectivity index (χ3v) is 4.09. The fourth-order valence-electron chi connectivity index (χ4n) is 2.95. The minimum absolute atomic E-state index is 1.05. The molecule has 2 rings (SSSR count). The first-order valence-electron chi connectivity index (χ1n) is 7.78. The van der Waals surface area contributed by atoms with E-state index in [1.807, 2.05) is 0 Å². The Balaban J connectivity index is 2.63. The molecule has 0 aliphatic carbocycles. The molecule has 0 heterocycles. The maximum Gasteiger partial charge on any atom is 0.0447 e. The van der Waals surface area contributed by atoms with Gasteiger partial charge in [0.1, 0.15) is 0 Å². The molecule has 2 aromatic carbocycles. The van der Waals surface area contributed by atoms with Gasteiger partial charge in [0.2, 0.25) is 0 Å². The first kappa shape index (κ1) is 14.7. The molecule has 0 radical (unpaired) electrons. The summed E-state index contributed by atoms with van der Waals surface area (Å²) in [4.78, 5) is 4.85. The molecule has 108 valence electrons. The maximum atomic E-state index is 2.42. The van der Waals surface area contributed by atoms with E-state index >= 15 is 0 Å². The van der Waals surface area contributed by atoms with Crippen molar-refractivity contribution in [3.8, 4) is 0 Å². The number of hydrogen-bond donors (Lipinski definition) is 0. The van der Waals surface area contributed by atoms with Crippen molar-refractivity contribution in [1.29, 1.82) is 0 Å². The Labute approximate surface area is 123 Å². The highest BCUT2D eigenvalue weighted by atomic mass is 15.1. The zero-order valence-electron chi connectivity index (χ0n) is 13.2. The van der Waals surface area contributed by atoms with Crippen LogP contribution in [0.25, 0.3) is 10.8 Å². The van der Waals surface area contributed by atoms with Crippen molar-refractivity contribution in [2.45, 2.75) is 27.7 Å². The molecule has 2 heteroatoms. The van der Waals surface area contributed by atoms with Crippen LogP contribution in [-0.4, -0.2) is 26.2 Å². The van der Waals surface area contributed by atoms with E-state index in [4.69, 9.17) is 0 Å². The highest BCUT2D eigenvalue weighted by molar-refractivity contribution is 6.02. The van der Waals surface area contributed by atoms with Crippen LogP contribution in [0.15, 0.2) is 36.4 Å². The van der Waals surface area contributed by atoms with Crippen LogP contribution in [0.5, 0.6) is 0 Å². The van der Waals surface area contributed by atoms with Crippen LogP contribution in [0.1, 0.15) is 27.7 Å². The summed E-state index contributed by atoms with van der Waals surface area (Å²) in [6, 6.07) is 13.3. The summed E-state index contributed by atoms with van der Waals surface area (Å²) in [5.41, 5.74) is 2.70. The average molecular weight is 270 g/mol. The Bertz CT molecular complexity index is 504. The van der Waals surface area contributed by atoms with E-state index < -0.39 is 0 Å². The summed E-state index contributed by atoms with van der Waals surface area (Å²) in [5.74, 6) is 0. The molecule has 0 aliphatic rings. The van der Waals surface area contributed by atoms with Crippen molar-refractivity contribution in [1.82, 2.24) is 0 Å². The van der Waals surface area contributed by atoms with Crippen molar-refractivity contribution in [2.75, 3.05) is 36.0 Å². The Morgan fingerprint density at radius 3 is 1.25 bits per heavy atom. The molecule has 0 spiro atoms. The normalized spacial score (nSPS) is 10.8. The smallest absolute Gasteiger partial charge is 0.0447 e. The number of rotatable bonds is 6. The van der Waals surface area contributed by atoms with Gasteiger partial charge in [-0.05, 0) is 39.8 Å². The molecule has 0 saturated heterocycles. The van der Waals surface area contributed by atoms with Gasteiger partial charge in [0.05, 0.1) is 0 Å². The minimum atomic E-state index is 1.05. The fourth-order valence-corrected chi connectivity index (χ4v) is 2.95. The number of anilines is 2. The first-order chi connectivity index (χ1) is 9.76. The summed E-state index contributed by atoms with van der Waals surface area (Å²) in [7, 11) is 0. The molecule has 0 saturated carbocycles. The summed E-state index contributed by atoms with van der Waals surface area (Å²) in [6.07, 6.45) is 0. The summed E-state index contributed by atoms with van der Waals surface area (Å²) in [5, 5.41) is 2.72. The molecule has 0 aliphatic heterocycles. The van der Waals surface area contributed by atoms with E-state index in [0.717, 1.165) is 26.2 Å². The second kappa shape index (κ2) is 6.65. The fraction of sp³-hybridized carbons (Fsp3) is 0.444. The third kappa shape index (κ3) is 2.60. The third-order valence-electron chi connectivity index (χ3n) is 4.09. The van der Waals surface area contributed by atoms with E-state index in [2.05, 4.69) is 73.9 Å². The molecule has 0 atom stereocenters. The standard InChI is InChI=1S/C18H26N2/c1-5-19(6-2)17-13-14-18(20(7-3)8-4)16-12-10-9-11-15(16)17/h9-14H,5-8H2,1-4H3. The molecule has 0 aromatic heterocycles. The van der Waals surface area contributed by atoms with Crippen LogP contribution in [0, 0.1) is 0 Å². The van der Waals surface area contributed by atoms with Crippen molar-refractivity contribution in [3.63, 3.8) is 0 Å². The van der Waals surface area contributed by atoms with Gasteiger partial charge in [-0.3, -0.25) is 0 Å². The highest BCUT2D eigenvalue weighted by Gasteiger charge is 2.12. The monoisotopic (exact) mass is 270 g/mol. The Morgan fingerprint density at radius 1 is 0.600 bits per heavy atom. The maximum absolute atomic E-state index is 2.42. The molecule has 2 aromatic rings. The van der Waals surface area contributed by atoms with Gasteiger partial charge >= 0.3 is 0 Å². The van der Waals surface area contributed by atoms with E-state index in [0.29, 0.717) is 0 Å². The Morgan fingerprint density at radius 2 is 0.950 bits per heavy atom. The second-order valence-corrected chi connectivity index (χ2v) is 4.99. The van der Waals surface area contributed by atoms with Gasteiger partial charge in [0.25, 0.3) is 0 Å². The molecule has 0 amide bonds. The first-order valence-corrected chi connectivity index (χ1v) is 7.78. The lowest BCUT2D eigenvalue weighted by atomic mass is 10.0. The van der Waals surface area contributed by atoms with Crippen LogP contribution in [0.2, 0.25) is 0 Å². The van der Waals surface area contributed by atoms with Gasteiger partial charge in [0.15, 0.2) is 0 Å². The molecular weight excluding hydrogens is 244 g/mol. The molecule has 2 nitrogen and oxygen atoms in total. The summed E-state index contributed by atoms with van der Waals surface area (Å²) >= 11 is 0. The van der Waals surface area contributed by atoms with Gasteiger partial charge in [-0.1, -0.05) is 24.3 Å². The Kier molecular flexibility index (Phi) is 4.89. The average Bonchev–Trinajstić information content (AvgIpc) is 2.51. The second-order valence-electron chi connectivity index (χ2n) is 4.99. The number of nitrogens with zero attached hydrogens (tertiary/aromatic N) is 2. The van der Waals surface area contributed by atoms with E-state index in [1.165, 1.54) is 22.1 Å². The van der Waals surface area contributed by atoms with Crippen molar-refractivity contribution >= 4 is 22.1 Å². The lowest BCUT2D eigenvalue weighted by Gasteiger charge is -2.27. The van der Waals surface area contributed by atoms with E-state index in [9.17, 15) is 0 Å². The largest absolute Gasteiger partial charge is 0.372 e. The van der Waals surface area contributed by atoms with Crippen molar-refractivity contribution < 1.29 is 0 Å². The predicted octanol–water partition coefficient (Wildman–Crippen LogP) is 4.53. The minimum Gasteiger partial charge on any atom is -0.372 e. The molecular formula is C18H26N2. The van der Waals surface area contributed by atoms with E-state index in [1.54, 1.807) is 0 Å². The van der Waals surface area contributed by atoms with Crippen LogP contribution in [0.4, 0.5) is 11.4 Å². The molecule has 20 heavy (non-hydrogen) atoms. The number of benzene rings is 2. The molecule has 0 unspecified atom stereocenters. The van der Waals surface area contributed by atoms with Gasteiger partial charge in [-0.2, -0.15) is 0 Å². The summed E-state index contributed by atoms with van der Waals surface area (Å²) in [6.45, 7) is 13.1. The number of hydrogen-bond acceptors (Lipinski definition) is 2. The predicted molar refractivity (Wildman–Crippen MR) is 91.1 cm³/mol. The lowest BCUT2D eigenvalue weighted by molar-refractivity contribution is 0.863. The molecule has 0 N–H and O–H groups in total. The van der Waals surface area contributed by atoms with Crippen LogP contribution in [0.3, 0.4) is 0 Å². The van der Waals surface area contributed by atoms with Crippen LogP contribution in [-0.2, 0) is 0 Å². The zero-order valence-corrected chi connectivity index (χ0v) is 13.2. The molecule has 0 fully saturated rings. The van der Waals surface area contributed by atoms with E-state index in [-0.39, 0.29) is 0 Å². The van der Waals surface area contributed by atoms with Gasteiger partial charge < -0.3 is 9.80 Å². The molecule has 0 bridgehead atoms. The zero-order chi connectivity index (χ0) is 14.5. The quantitative estimate of drug-likeness (QED) is 0.761. The topological polar surface area (TPSA) is 6.48 Å². The van der Waals surface area contributed by atoms with Gasteiger partial charge in [-0.15, -0.1) is 0 Å². The van der Waals surface area contributed by atoms with Crippen molar-refractivity contribution in [3.05, 3.63) is 36.4 Å². The SMILES string of the molecule is CCN(CC)c1ccc(N(CC)CC)c2ccccc12. The van der Waals surface area contributed by atoms with Crippen LogP contribution < -0.4 is 9.80 Å². The lowest BCUT2D eigenvalue weighted by Crippen LogP contribution is -2.24. The van der Waals surface area contributed by atoms with Gasteiger partial charge in [-0.25, -0.2) is 0 Å². The van der Waals surface area contributed by atoms with Gasteiger partial charge in [0, 0.05) is 48.3 Å².